The average Bonchev–Trinajstić information content (AvgIpc) is 2.92. The van der Waals surface area contributed by atoms with Crippen molar-refractivity contribution in [1.29, 1.82) is 0 Å². The third kappa shape index (κ3) is 5.51. The van der Waals surface area contributed by atoms with E-state index >= 15 is 4.39 Å². The lowest BCUT2D eigenvalue weighted by Gasteiger charge is -2.46. The zero-order chi connectivity index (χ0) is 28.7. The number of benzene rings is 2. The van der Waals surface area contributed by atoms with Gasteiger partial charge in [0.25, 0.3) is 5.91 Å². The van der Waals surface area contributed by atoms with Gasteiger partial charge in [0.2, 0.25) is 10.0 Å². The van der Waals surface area contributed by atoms with Gasteiger partial charge >= 0.3 is 6.18 Å². The molecule has 1 aromatic heterocycles. The highest BCUT2D eigenvalue weighted by Crippen LogP contribution is 2.41. The van der Waals surface area contributed by atoms with Gasteiger partial charge in [0.05, 0.1) is 36.2 Å². The van der Waals surface area contributed by atoms with Crippen LogP contribution >= 0.6 is 0 Å². The average molecular weight is 581 g/mol. The number of halogens is 4. The van der Waals surface area contributed by atoms with E-state index in [9.17, 15) is 26.4 Å². The number of carbonyl (C=O) groups excluding carboxylic acids is 1. The SMILES string of the molecule is COc1cc(-c2cccc(C(F)(F)F)c2)c(F)cc1N1C(=O)CO[C@H]2CN(S(=O)(=O)Cc3ccncn3)CC[C@@H]21. The van der Waals surface area contributed by atoms with Crippen molar-refractivity contribution in [3.63, 3.8) is 0 Å². The largest absolute Gasteiger partial charge is 0.495 e. The van der Waals surface area contributed by atoms with E-state index in [1.807, 2.05) is 0 Å². The third-order valence-corrected chi connectivity index (χ3v) is 8.68. The third-order valence-electron chi connectivity index (χ3n) is 6.90. The fraction of sp³-hybridized carbons (Fsp3) is 0.346. The number of carbonyl (C=O) groups is 1. The number of sulfonamides is 1. The van der Waals surface area contributed by atoms with Gasteiger partial charge in [0.1, 0.15) is 30.3 Å². The van der Waals surface area contributed by atoms with Gasteiger partial charge in [-0.1, -0.05) is 12.1 Å². The highest BCUT2D eigenvalue weighted by Gasteiger charge is 2.44. The Morgan fingerprint density at radius 2 is 1.98 bits per heavy atom. The minimum absolute atomic E-state index is 0.00874. The number of hydrogen-bond acceptors (Lipinski definition) is 7. The van der Waals surface area contributed by atoms with Crippen LogP contribution in [0, 0.1) is 5.82 Å². The number of hydrogen-bond donors (Lipinski definition) is 0. The molecule has 0 radical (unpaired) electrons. The minimum Gasteiger partial charge on any atom is -0.495 e. The van der Waals surface area contributed by atoms with Crippen LogP contribution in [0.1, 0.15) is 17.7 Å². The second-order valence-corrected chi connectivity index (χ2v) is 11.3. The molecule has 2 fully saturated rings. The number of aromatic nitrogens is 2. The van der Waals surface area contributed by atoms with Crippen LogP contribution in [0.2, 0.25) is 0 Å². The standard InChI is InChI=1S/C26H24F4N4O5S/c1-38-23-10-19(16-3-2-4-17(9-16)26(28,29)30)20(27)11-22(23)34-21-6-8-33(12-24(21)39-13-25(34)35)40(36,37)14-18-5-7-31-15-32-18/h2-5,7,9-11,15,21,24H,6,8,12-14H2,1H3/t21-,24-/m0/s1. The highest BCUT2D eigenvalue weighted by atomic mass is 32.2. The minimum atomic E-state index is -4.61. The van der Waals surface area contributed by atoms with Crippen LogP contribution in [0.3, 0.4) is 0 Å². The van der Waals surface area contributed by atoms with Crippen LogP contribution in [0.15, 0.2) is 55.0 Å². The molecule has 14 heteroatoms. The number of anilines is 1. The Morgan fingerprint density at radius 3 is 2.67 bits per heavy atom. The summed E-state index contributed by atoms with van der Waals surface area (Å²) in [5.41, 5.74) is -0.656. The number of alkyl halides is 3. The molecular weight excluding hydrogens is 556 g/mol. The molecule has 0 bridgehead atoms. The van der Waals surface area contributed by atoms with E-state index in [2.05, 4.69) is 9.97 Å². The van der Waals surface area contributed by atoms with Crippen molar-refractivity contribution >= 4 is 21.6 Å². The van der Waals surface area contributed by atoms with Crippen LogP contribution in [0.4, 0.5) is 23.2 Å². The van der Waals surface area contributed by atoms with Crippen LogP contribution in [0.5, 0.6) is 5.75 Å². The molecule has 2 aliphatic rings. The quantitative estimate of drug-likeness (QED) is 0.411. The first-order chi connectivity index (χ1) is 19.0. The van der Waals surface area contributed by atoms with E-state index in [0.29, 0.717) is 5.69 Å². The van der Waals surface area contributed by atoms with Gasteiger partial charge in [-0.05, 0) is 36.2 Å². The zero-order valence-corrected chi connectivity index (χ0v) is 22.0. The molecule has 1 amide bonds. The first-order valence-electron chi connectivity index (χ1n) is 12.2. The molecule has 0 aliphatic carbocycles. The number of rotatable bonds is 6. The molecule has 3 heterocycles. The molecule has 2 saturated heterocycles. The summed E-state index contributed by atoms with van der Waals surface area (Å²) in [5, 5.41) is 0. The van der Waals surface area contributed by atoms with E-state index in [-0.39, 0.29) is 54.4 Å². The molecule has 0 N–H and O–H groups in total. The lowest BCUT2D eigenvalue weighted by Crippen LogP contribution is -2.62. The number of ether oxygens (including phenoxy) is 2. The Hall–Kier alpha value is -3.62. The van der Waals surface area contributed by atoms with Crippen molar-refractivity contribution in [2.24, 2.45) is 0 Å². The van der Waals surface area contributed by atoms with Crippen molar-refractivity contribution in [2.75, 3.05) is 31.7 Å². The zero-order valence-electron chi connectivity index (χ0n) is 21.1. The van der Waals surface area contributed by atoms with Crippen molar-refractivity contribution < 1.29 is 40.2 Å². The Morgan fingerprint density at radius 1 is 1.18 bits per heavy atom. The molecule has 3 aromatic rings. The molecule has 0 spiro atoms. The Bertz CT molecular complexity index is 1520. The van der Waals surface area contributed by atoms with Crippen LogP contribution < -0.4 is 9.64 Å². The molecule has 40 heavy (non-hydrogen) atoms. The normalized spacial score (nSPS) is 20.3. The summed E-state index contributed by atoms with van der Waals surface area (Å²) in [5.74, 6) is -1.59. The fourth-order valence-electron chi connectivity index (χ4n) is 4.99. The molecule has 5 rings (SSSR count). The summed E-state index contributed by atoms with van der Waals surface area (Å²) in [6, 6.07) is 7.43. The monoisotopic (exact) mass is 580 g/mol. The smallest absolute Gasteiger partial charge is 0.416 e. The van der Waals surface area contributed by atoms with Crippen LogP contribution in [-0.4, -0.2) is 67.6 Å². The summed E-state index contributed by atoms with van der Waals surface area (Å²) in [6.07, 6.45) is -2.41. The van der Waals surface area contributed by atoms with Gasteiger partial charge in [0.15, 0.2) is 0 Å². The van der Waals surface area contributed by atoms with Gasteiger partial charge in [-0.15, -0.1) is 0 Å². The van der Waals surface area contributed by atoms with Gasteiger partial charge in [-0.3, -0.25) is 4.79 Å². The van der Waals surface area contributed by atoms with E-state index in [1.54, 1.807) is 0 Å². The maximum Gasteiger partial charge on any atom is 0.416 e. The Balaban J connectivity index is 1.43. The van der Waals surface area contributed by atoms with Gasteiger partial charge < -0.3 is 14.4 Å². The van der Waals surface area contributed by atoms with E-state index in [0.717, 1.165) is 18.2 Å². The number of fused-ring (bicyclic) bond motifs is 1. The predicted molar refractivity (Wildman–Crippen MR) is 135 cm³/mol. The van der Waals surface area contributed by atoms with E-state index in [1.165, 1.54) is 53.1 Å². The van der Waals surface area contributed by atoms with E-state index < -0.39 is 45.6 Å². The number of amides is 1. The van der Waals surface area contributed by atoms with E-state index in [4.69, 9.17) is 9.47 Å². The summed E-state index contributed by atoms with van der Waals surface area (Å²) in [4.78, 5) is 22.1. The Kier molecular flexibility index (Phi) is 7.50. The maximum atomic E-state index is 15.4. The first-order valence-corrected chi connectivity index (χ1v) is 13.8. The van der Waals surface area contributed by atoms with Crippen molar-refractivity contribution in [1.82, 2.24) is 14.3 Å². The highest BCUT2D eigenvalue weighted by molar-refractivity contribution is 7.88. The molecular formula is C26H24F4N4O5S. The lowest BCUT2D eigenvalue weighted by molar-refractivity contribution is -0.137. The number of piperidine rings is 1. The van der Waals surface area contributed by atoms with Gasteiger partial charge in [-0.25, -0.2) is 22.8 Å². The van der Waals surface area contributed by atoms with Gasteiger partial charge in [-0.2, -0.15) is 17.5 Å². The topological polar surface area (TPSA) is 102 Å². The van der Waals surface area contributed by atoms with Crippen molar-refractivity contribution in [2.45, 2.75) is 30.5 Å². The maximum absolute atomic E-state index is 15.4. The number of nitrogens with zero attached hydrogens (tertiary/aromatic N) is 4. The summed E-state index contributed by atoms with van der Waals surface area (Å²) in [6.45, 7) is -0.328. The predicted octanol–water partition coefficient (Wildman–Crippen LogP) is 3.65. The summed E-state index contributed by atoms with van der Waals surface area (Å²) < 4.78 is 93.6. The van der Waals surface area contributed by atoms with Crippen LogP contribution in [0.25, 0.3) is 11.1 Å². The molecule has 0 unspecified atom stereocenters. The molecule has 212 valence electrons. The van der Waals surface area contributed by atoms with Gasteiger partial charge in [0, 0.05) is 30.9 Å². The van der Waals surface area contributed by atoms with Crippen molar-refractivity contribution in [3.8, 4) is 16.9 Å². The lowest BCUT2D eigenvalue weighted by atomic mass is 9.97. The van der Waals surface area contributed by atoms with Crippen LogP contribution in [-0.2, 0) is 31.5 Å². The number of morpholine rings is 1. The summed E-state index contributed by atoms with van der Waals surface area (Å²) >= 11 is 0. The fourth-order valence-corrected chi connectivity index (χ4v) is 6.48. The molecule has 2 aliphatic heterocycles. The molecule has 0 saturated carbocycles. The second-order valence-electron chi connectivity index (χ2n) is 9.37. The molecule has 2 atom stereocenters. The first kappa shape index (κ1) is 27.9. The summed E-state index contributed by atoms with van der Waals surface area (Å²) in [7, 11) is -2.45. The second kappa shape index (κ2) is 10.7. The number of methoxy groups -OCH3 is 1. The Labute approximate surface area is 227 Å². The molecule has 2 aromatic carbocycles. The molecule has 9 nitrogen and oxygen atoms in total. The van der Waals surface area contributed by atoms with Crippen molar-refractivity contribution in [3.05, 3.63) is 72.1 Å².